The first-order valence-corrected chi connectivity index (χ1v) is 15.5. The van der Waals surface area contributed by atoms with Crippen LogP contribution in [0.2, 0.25) is 0 Å². The molecule has 0 saturated carbocycles. The van der Waals surface area contributed by atoms with Crippen molar-refractivity contribution < 1.29 is 52.6 Å². The summed E-state index contributed by atoms with van der Waals surface area (Å²) in [6, 6.07) is 21.3. The molecule has 0 aliphatic carbocycles. The summed E-state index contributed by atoms with van der Waals surface area (Å²) < 4.78 is 42.2. The van der Waals surface area contributed by atoms with E-state index in [2.05, 4.69) is 63.3 Å². The predicted molar refractivity (Wildman–Crippen MR) is 166 cm³/mol. The summed E-state index contributed by atoms with van der Waals surface area (Å²) in [7, 11) is 2.17. The molecule has 2 aliphatic rings. The molecule has 0 spiro atoms. The number of ether oxygens (including phenoxy) is 1. The van der Waals surface area contributed by atoms with Crippen molar-refractivity contribution in [3.8, 4) is 16.9 Å². The zero-order valence-electron chi connectivity index (χ0n) is 24.9. The van der Waals surface area contributed by atoms with E-state index < -0.39 is 6.36 Å². The molecule has 0 bridgehead atoms. The van der Waals surface area contributed by atoms with Gasteiger partial charge in [0.2, 0.25) is 0 Å². The van der Waals surface area contributed by atoms with Gasteiger partial charge in [0.15, 0.2) is 0 Å². The Balaban J connectivity index is 0.00000384. The Bertz CT molecular complexity index is 1640. The molecule has 1 N–H and O–H groups in total. The van der Waals surface area contributed by atoms with E-state index in [1.54, 1.807) is 23.5 Å². The van der Waals surface area contributed by atoms with Gasteiger partial charge in [-0.05, 0) is 80.4 Å². The average molecular weight is 650 g/mol. The van der Waals surface area contributed by atoms with Gasteiger partial charge in [-0.25, -0.2) is 0 Å². The Morgan fingerprint density at radius 1 is 1.00 bits per heavy atom. The van der Waals surface area contributed by atoms with Gasteiger partial charge >= 0.3 is 35.9 Å². The van der Waals surface area contributed by atoms with E-state index in [4.69, 9.17) is 11.6 Å². The number of nitrogens with one attached hydrogen (secondary N) is 1. The van der Waals surface area contributed by atoms with Crippen LogP contribution in [0.1, 0.15) is 36.5 Å². The summed E-state index contributed by atoms with van der Waals surface area (Å²) in [5, 5.41) is 18.3. The van der Waals surface area contributed by atoms with Gasteiger partial charge in [0.1, 0.15) is 5.75 Å². The van der Waals surface area contributed by atoms with E-state index in [9.17, 15) is 18.3 Å². The molecule has 226 valence electrons. The minimum Gasteiger partial charge on any atom is -0.871 e. The predicted octanol–water partition coefficient (Wildman–Crippen LogP) is 4.65. The molecule has 6 rings (SSSR count). The molecule has 3 heterocycles. The van der Waals surface area contributed by atoms with Crippen LogP contribution in [0, 0.1) is 0 Å². The average Bonchev–Trinajstić information content (AvgIpc) is 3.34. The molecular weight excluding hydrogens is 618 g/mol. The molecule has 3 aromatic carbocycles. The van der Waals surface area contributed by atoms with Crippen molar-refractivity contribution in [2.75, 3.05) is 25.5 Å². The van der Waals surface area contributed by atoms with Crippen LogP contribution >= 0.6 is 22.9 Å². The van der Waals surface area contributed by atoms with Gasteiger partial charge in [0.05, 0.1) is 11.0 Å². The number of likely N-dealkylation sites (tertiary alicyclic amines) is 1. The number of hydrogen-bond donors (Lipinski definition) is 1. The van der Waals surface area contributed by atoms with E-state index >= 15 is 0 Å². The maximum Gasteiger partial charge on any atom is 1.00 e. The third-order valence-corrected chi connectivity index (χ3v) is 9.91. The van der Waals surface area contributed by atoms with Crippen molar-refractivity contribution in [1.82, 2.24) is 9.80 Å². The minimum atomic E-state index is -4.67. The summed E-state index contributed by atoms with van der Waals surface area (Å²) in [6.07, 6.45) is -2.60. The third-order valence-electron chi connectivity index (χ3n) is 8.32. The number of benzene rings is 3. The van der Waals surface area contributed by atoms with Gasteiger partial charge in [0.25, 0.3) is 0 Å². The molecule has 4 aromatic rings. The fraction of sp³-hybridized carbons (Fsp3) is 0.333. The molecule has 1 atom stereocenters. The van der Waals surface area contributed by atoms with Gasteiger partial charge < -0.3 is 15.2 Å². The van der Waals surface area contributed by atoms with Crippen molar-refractivity contribution in [2.24, 2.45) is 0 Å². The van der Waals surface area contributed by atoms with E-state index in [-0.39, 0.29) is 47.1 Å². The first-order valence-electron chi connectivity index (χ1n) is 14.3. The Morgan fingerprint density at radius 3 is 2.30 bits per heavy atom. The number of alkyl halides is 3. The van der Waals surface area contributed by atoms with Crippen LogP contribution in [0.3, 0.4) is 0 Å². The van der Waals surface area contributed by atoms with Gasteiger partial charge in [-0.15, -0.1) is 24.5 Å². The van der Waals surface area contributed by atoms with Crippen molar-refractivity contribution in [3.05, 3.63) is 88.5 Å². The second-order valence-electron chi connectivity index (χ2n) is 11.4. The summed E-state index contributed by atoms with van der Waals surface area (Å²) in [4.78, 5) is 4.75. The number of anilines is 1. The van der Waals surface area contributed by atoms with E-state index in [1.807, 2.05) is 13.0 Å². The Labute approximate surface area is 286 Å². The first kappa shape index (κ1) is 33.1. The molecule has 0 amide bonds. The first-order chi connectivity index (χ1) is 20.5. The molecule has 1 saturated heterocycles. The summed E-state index contributed by atoms with van der Waals surface area (Å²) in [5.41, 5.74) is 5.13. The van der Waals surface area contributed by atoms with Crippen LogP contribution in [0.4, 0.5) is 18.2 Å². The summed E-state index contributed by atoms with van der Waals surface area (Å²) in [6.45, 7) is 5.34. The largest absolute Gasteiger partial charge is 1.00 e. The van der Waals surface area contributed by atoms with E-state index in [0.717, 1.165) is 64.3 Å². The monoisotopic (exact) mass is 649 g/mol. The zero-order chi connectivity index (χ0) is 30.3. The van der Waals surface area contributed by atoms with Gasteiger partial charge in [-0.2, -0.15) is 0 Å². The van der Waals surface area contributed by atoms with Crippen LogP contribution in [-0.4, -0.2) is 48.4 Å². The Morgan fingerprint density at radius 2 is 1.64 bits per heavy atom. The van der Waals surface area contributed by atoms with Crippen LogP contribution in [0.25, 0.3) is 27.0 Å². The van der Waals surface area contributed by atoms with Crippen LogP contribution in [0.15, 0.2) is 71.8 Å². The number of rotatable bonds is 7. The van der Waals surface area contributed by atoms with Crippen LogP contribution < -0.4 is 44.7 Å². The topological polar surface area (TPSA) is 50.8 Å². The van der Waals surface area contributed by atoms with Gasteiger partial charge in [-0.3, -0.25) is 9.80 Å². The maximum atomic E-state index is 12.8. The molecule has 2 aliphatic heterocycles. The number of nitrogens with zero attached hydrogens (tertiary/aromatic N) is 2. The number of thiophene rings is 1. The van der Waals surface area contributed by atoms with Gasteiger partial charge in [0, 0.05) is 39.8 Å². The summed E-state index contributed by atoms with van der Waals surface area (Å²) >= 11 is 7.85. The second-order valence-corrected chi connectivity index (χ2v) is 12.8. The minimum absolute atomic E-state index is 0. The van der Waals surface area contributed by atoms with E-state index in [0.29, 0.717) is 23.2 Å². The van der Waals surface area contributed by atoms with Crippen molar-refractivity contribution in [2.45, 2.75) is 51.3 Å². The molecular formula is C33H32ClF3N3NaO2S. The van der Waals surface area contributed by atoms with Crippen molar-refractivity contribution in [1.29, 1.82) is 0 Å². The number of fused-ring (bicyclic) bond motifs is 3. The van der Waals surface area contributed by atoms with Gasteiger partial charge in [-0.1, -0.05) is 65.9 Å². The Hall–Kier alpha value is -2.24. The molecule has 0 radical (unpaired) electrons. The maximum absolute atomic E-state index is 12.8. The fourth-order valence-corrected chi connectivity index (χ4v) is 7.35. The van der Waals surface area contributed by atoms with Crippen LogP contribution in [0.5, 0.6) is 5.75 Å². The summed E-state index contributed by atoms with van der Waals surface area (Å²) in [5.74, 6) is -0.282. The number of hydrogen-bond acceptors (Lipinski definition) is 6. The smallest absolute Gasteiger partial charge is 0.871 e. The Kier molecular flexibility index (Phi) is 10.3. The molecule has 44 heavy (non-hydrogen) atoms. The molecule has 11 heteroatoms. The molecule has 1 unspecified atom stereocenters. The van der Waals surface area contributed by atoms with Crippen molar-refractivity contribution >= 4 is 43.8 Å². The standard InChI is InChI=1S/C33H33ClF3N3O2S.Na/c1-20-30(34)31(41)29-27-12-9-24(17-28(27)43-32(29)38-20)23-7-3-21(4-8-23)18-39(2)25-13-15-40(16-14-25)19-22-5-10-26(11-6-22)42-33(35,36)37;/h3-12,17,20,25,38,41H,13-16,18-19H2,1-2H3;/q;+1/p-1. The number of halogens is 4. The van der Waals surface area contributed by atoms with E-state index in [1.165, 1.54) is 17.7 Å². The third kappa shape index (κ3) is 7.41. The second kappa shape index (κ2) is 13.6. The molecule has 1 fully saturated rings. The molecule has 5 nitrogen and oxygen atoms in total. The SMILES string of the molecule is CC1Nc2sc3cc(-c4ccc(CN(C)C5CCN(Cc6ccc(OC(F)(F)F)cc6)CC5)cc4)ccc3c2C([O-])=C1Cl.[Na+]. The zero-order valence-corrected chi connectivity index (χ0v) is 28.5. The normalized spacial score (nSPS) is 17.8. The van der Waals surface area contributed by atoms with Crippen molar-refractivity contribution in [3.63, 3.8) is 0 Å². The number of piperidine rings is 1. The van der Waals surface area contributed by atoms with Crippen LogP contribution in [-0.2, 0) is 13.1 Å². The molecule has 1 aromatic heterocycles. The quantitative estimate of drug-likeness (QED) is 0.296. The fourth-order valence-electron chi connectivity index (χ4n) is 5.97.